The number of benzene rings is 2. The third-order valence-corrected chi connectivity index (χ3v) is 4.42. The van der Waals surface area contributed by atoms with Gasteiger partial charge in [-0.15, -0.1) is 0 Å². The van der Waals surface area contributed by atoms with Crippen LogP contribution < -0.4 is 11.1 Å². The summed E-state index contributed by atoms with van der Waals surface area (Å²) in [6.07, 6.45) is -1.22. The monoisotopic (exact) mass is 409 g/mol. The molecule has 154 valence electrons. The molecule has 1 aromatic heterocycles. The fourth-order valence-electron chi connectivity index (χ4n) is 2.98. The molecule has 3 N–H and O–H groups in total. The number of amides is 3. The first-order valence-electron chi connectivity index (χ1n) is 9.23. The molecule has 0 saturated carbocycles. The summed E-state index contributed by atoms with van der Waals surface area (Å²) in [5, 5.41) is 2.47. The Balaban J connectivity index is 2.02. The first-order valence-corrected chi connectivity index (χ1v) is 9.23. The summed E-state index contributed by atoms with van der Waals surface area (Å²) >= 11 is 0. The van der Waals surface area contributed by atoms with Gasteiger partial charge in [0.05, 0.1) is 16.8 Å². The summed E-state index contributed by atoms with van der Waals surface area (Å²) in [6.45, 7) is 3.35. The van der Waals surface area contributed by atoms with E-state index in [1.54, 1.807) is 50.2 Å². The number of hydrogen-bond donors (Lipinski definition) is 2. The third-order valence-electron chi connectivity index (χ3n) is 4.42. The molecule has 3 rings (SSSR count). The molecule has 0 unspecified atom stereocenters. The SMILES string of the molecule is CC(C)[C@H](OC(=O)c1cc(-c2ccc(F)cc2)nc2ccccc12)C(=O)NC(N)=O. The summed E-state index contributed by atoms with van der Waals surface area (Å²) in [6, 6.07) is 13.2. The summed E-state index contributed by atoms with van der Waals surface area (Å²) in [5.74, 6) is -2.35. The Kier molecular flexibility index (Phi) is 6.06. The lowest BCUT2D eigenvalue weighted by molar-refractivity contribution is -0.130. The van der Waals surface area contributed by atoms with Crippen LogP contribution in [0.3, 0.4) is 0 Å². The van der Waals surface area contributed by atoms with E-state index in [0.717, 1.165) is 0 Å². The van der Waals surface area contributed by atoms with Crippen molar-refractivity contribution in [3.8, 4) is 11.3 Å². The number of fused-ring (bicyclic) bond motifs is 1. The number of urea groups is 1. The van der Waals surface area contributed by atoms with E-state index in [9.17, 15) is 18.8 Å². The van der Waals surface area contributed by atoms with Crippen molar-refractivity contribution < 1.29 is 23.5 Å². The van der Waals surface area contributed by atoms with E-state index in [1.807, 2.05) is 5.32 Å². The fourth-order valence-corrected chi connectivity index (χ4v) is 2.98. The summed E-state index contributed by atoms with van der Waals surface area (Å²) < 4.78 is 18.7. The van der Waals surface area contributed by atoms with Crippen LogP contribution in [0.4, 0.5) is 9.18 Å². The molecule has 0 radical (unpaired) electrons. The minimum absolute atomic E-state index is 0.192. The topological polar surface area (TPSA) is 111 Å². The first kappa shape index (κ1) is 20.9. The molecule has 1 atom stereocenters. The number of nitrogens with one attached hydrogen (secondary N) is 1. The van der Waals surface area contributed by atoms with Crippen molar-refractivity contribution in [2.75, 3.05) is 0 Å². The molecule has 0 spiro atoms. The molecule has 0 bridgehead atoms. The molecule has 2 aromatic carbocycles. The third kappa shape index (κ3) is 4.60. The van der Waals surface area contributed by atoms with E-state index in [-0.39, 0.29) is 11.4 Å². The number of primary amides is 1. The number of nitrogens with zero attached hydrogens (tertiary/aromatic N) is 1. The Bertz CT molecular complexity index is 1110. The van der Waals surface area contributed by atoms with Crippen molar-refractivity contribution >= 4 is 28.8 Å². The summed E-state index contributed by atoms with van der Waals surface area (Å²) in [7, 11) is 0. The number of aromatic nitrogens is 1. The average molecular weight is 409 g/mol. The molecule has 0 fully saturated rings. The molecule has 7 nitrogen and oxygen atoms in total. The van der Waals surface area contributed by atoms with Gasteiger partial charge in [0.2, 0.25) is 0 Å². The van der Waals surface area contributed by atoms with Crippen LogP contribution in [0.2, 0.25) is 0 Å². The van der Waals surface area contributed by atoms with Crippen molar-refractivity contribution in [3.05, 3.63) is 66.0 Å². The van der Waals surface area contributed by atoms with E-state index in [2.05, 4.69) is 4.98 Å². The second-order valence-electron chi connectivity index (χ2n) is 7.00. The minimum Gasteiger partial charge on any atom is -0.448 e. The van der Waals surface area contributed by atoms with Crippen LogP contribution >= 0.6 is 0 Å². The number of ether oxygens (including phenoxy) is 1. The number of pyridine rings is 1. The molecule has 0 saturated heterocycles. The quantitative estimate of drug-likeness (QED) is 0.627. The minimum atomic E-state index is -1.22. The maximum absolute atomic E-state index is 13.3. The zero-order chi connectivity index (χ0) is 21.8. The van der Waals surface area contributed by atoms with Gasteiger partial charge in [0.1, 0.15) is 5.82 Å². The van der Waals surface area contributed by atoms with Gasteiger partial charge in [-0.25, -0.2) is 19.0 Å². The smallest absolute Gasteiger partial charge is 0.339 e. The lowest BCUT2D eigenvalue weighted by Crippen LogP contribution is -2.45. The van der Waals surface area contributed by atoms with Gasteiger partial charge >= 0.3 is 12.0 Å². The number of carbonyl (C=O) groups excluding carboxylic acids is 3. The van der Waals surface area contributed by atoms with Gasteiger partial charge < -0.3 is 10.5 Å². The zero-order valence-corrected chi connectivity index (χ0v) is 16.4. The normalized spacial score (nSPS) is 11.9. The second kappa shape index (κ2) is 8.69. The van der Waals surface area contributed by atoms with Crippen molar-refractivity contribution in [2.24, 2.45) is 11.7 Å². The maximum atomic E-state index is 13.3. The number of carbonyl (C=O) groups is 3. The van der Waals surface area contributed by atoms with Crippen LogP contribution in [0.1, 0.15) is 24.2 Å². The second-order valence-corrected chi connectivity index (χ2v) is 7.00. The molecule has 3 aromatic rings. The number of imide groups is 1. The van der Waals surface area contributed by atoms with E-state index < -0.39 is 29.9 Å². The highest BCUT2D eigenvalue weighted by Gasteiger charge is 2.29. The molecule has 1 heterocycles. The van der Waals surface area contributed by atoms with Crippen molar-refractivity contribution in [2.45, 2.75) is 20.0 Å². The highest BCUT2D eigenvalue weighted by atomic mass is 19.1. The van der Waals surface area contributed by atoms with Crippen LogP contribution in [0.15, 0.2) is 54.6 Å². The highest BCUT2D eigenvalue weighted by molar-refractivity contribution is 6.06. The van der Waals surface area contributed by atoms with Crippen LogP contribution in [0, 0.1) is 11.7 Å². The molecule has 0 aliphatic heterocycles. The van der Waals surface area contributed by atoms with Gasteiger partial charge in [-0.1, -0.05) is 32.0 Å². The Morgan fingerprint density at radius 1 is 1.07 bits per heavy atom. The predicted molar refractivity (Wildman–Crippen MR) is 109 cm³/mol. The van der Waals surface area contributed by atoms with Gasteiger partial charge in [-0.05, 0) is 42.3 Å². The van der Waals surface area contributed by atoms with E-state index in [1.165, 1.54) is 18.2 Å². The van der Waals surface area contributed by atoms with Gasteiger partial charge in [0.15, 0.2) is 6.10 Å². The number of hydrogen-bond acceptors (Lipinski definition) is 5. The van der Waals surface area contributed by atoms with Crippen LogP contribution in [0.5, 0.6) is 0 Å². The zero-order valence-electron chi connectivity index (χ0n) is 16.4. The summed E-state index contributed by atoms with van der Waals surface area (Å²) in [5.41, 5.74) is 6.79. The van der Waals surface area contributed by atoms with E-state index in [0.29, 0.717) is 22.2 Å². The van der Waals surface area contributed by atoms with E-state index >= 15 is 0 Å². The molecule has 0 aliphatic carbocycles. The standard InChI is InChI=1S/C22H20FN3O4/c1-12(2)19(20(27)26-22(24)29)30-21(28)16-11-18(13-7-9-14(23)10-8-13)25-17-6-4-3-5-15(16)17/h3-12,19H,1-2H3,(H3,24,26,27,29)/t19-/m0/s1. The Morgan fingerprint density at radius 3 is 2.37 bits per heavy atom. The molecular formula is C22H20FN3O4. The van der Waals surface area contributed by atoms with Crippen molar-refractivity contribution in [1.29, 1.82) is 0 Å². The maximum Gasteiger partial charge on any atom is 0.339 e. The molecule has 8 heteroatoms. The Labute approximate surface area is 172 Å². The van der Waals surface area contributed by atoms with Crippen molar-refractivity contribution in [3.63, 3.8) is 0 Å². The Hall–Kier alpha value is -3.81. The van der Waals surface area contributed by atoms with Gasteiger partial charge in [-0.2, -0.15) is 0 Å². The molecule has 30 heavy (non-hydrogen) atoms. The number of rotatable bonds is 5. The van der Waals surface area contributed by atoms with Gasteiger partial charge in [0.25, 0.3) is 5.91 Å². The average Bonchev–Trinajstić information content (AvgIpc) is 2.70. The molecule has 3 amide bonds. The first-order chi connectivity index (χ1) is 14.3. The summed E-state index contributed by atoms with van der Waals surface area (Å²) in [4.78, 5) is 40.7. The van der Waals surface area contributed by atoms with Crippen LogP contribution in [-0.4, -0.2) is 29.0 Å². The predicted octanol–water partition coefficient (Wildman–Crippen LogP) is 3.42. The van der Waals surface area contributed by atoms with Gasteiger partial charge in [-0.3, -0.25) is 10.1 Å². The number of halogens is 1. The lowest BCUT2D eigenvalue weighted by Gasteiger charge is -2.20. The Morgan fingerprint density at radius 2 is 1.73 bits per heavy atom. The van der Waals surface area contributed by atoms with Gasteiger partial charge in [0, 0.05) is 10.9 Å². The number of nitrogens with two attached hydrogens (primary N) is 1. The fraction of sp³-hybridized carbons (Fsp3) is 0.182. The van der Waals surface area contributed by atoms with Crippen LogP contribution in [-0.2, 0) is 9.53 Å². The van der Waals surface area contributed by atoms with E-state index in [4.69, 9.17) is 10.5 Å². The molecule has 0 aliphatic rings. The largest absolute Gasteiger partial charge is 0.448 e. The van der Waals surface area contributed by atoms with Crippen LogP contribution in [0.25, 0.3) is 22.2 Å². The lowest BCUT2D eigenvalue weighted by atomic mass is 10.0. The number of para-hydroxylation sites is 1. The van der Waals surface area contributed by atoms with Crippen molar-refractivity contribution in [1.82, 2.24) is 10.3 Å². The number of esters is 1. The molecular weight excluding hydrogens is 389 g/mol. The highest BCUT2D eigenvalue weighted by Crippen LogP contribution is 2.26.